The smallest absolute Gasteiger partial charge is 0.339 e. The Balaban J connectivity index is 0.000000377. The molecule has 0 saturated carbocycles. The number of hydrogen-bond donors (Lipinski definition) is 16. The van der Waals surface area contributed by atoms with Gasteiger partial charge in [0.2, 0.25) is 70.2 Å². The fourth-order valence-electron chi connectivity index (χ4n) is 14.5. The number of primary sulfonamides is 7. The van der Waals surface area contributed by atoms with Gasteiger partial charge in [0.1, 0.15) is 73.2 Å². The molecule has 7 heterocycles. The number of carboxylic acid groups (broad SMARTS) is 7. The van der Waals surface area contributed by atoms with Crippen molar-refractivity contribution < 1.29 is 128 Å². The molecule has 7 aromatic heterocycles. The summed E-state index contributed by atoms with van der Waals surface area (Å²) < 4.78 is 172. The number of nitrogens with two attached hydrogens (primary N) is 9. The molecule has 44 nitrogen and oxygen atoms in total. The molecule has 25 N–H and O–H groups in total. The molecule has 0 aliphatic carbocycles. The second kappa shape index (κ2) is 41.7. The maximum atomic E-state index is 11.9. The first kappa shape index (κ1) is 108. The number of benzene rings is 2. The van der Waals surface area contributed by atoms with Gasteiger partial charge in [-0.1, -0.05) is 123 Å². The van der Waals surface area contributed by atoms with Crippen LogP contribution < -0.4 is 47.5 Å². The van der Waals surface area contributed by atoms with Gasteiger partial charge in [0.05, 0.1) is 28.5 Å². The highest BCUT2D eigenvalue weighted by atomic mass is 32.2. The van der Waals surface area contributed by atoms with Crippen LogP contribution in [0.5, 0.6) is 0 Å². The lowest BCUT2D eigenvalue weighted by molar-refractivity contribution is 0.0681. The standard InChI is InChI=1S/2C14H16N2O4S.C10H16N2O4S.2C9H15N3O4S.2C9H14N2O4S/c1-3-10-13(21(15,19)20)11(14(17)18)12(16(10)2)9-7-5-4-6-8-9;1-3-10-11(14(17)18)13(21(15,19)20)12(16(10)2)9-7-5-4-6-8-9;1-5(2)8-9(17(11,15)16)7(10(13)14)6(3)12(8)4;1-3-5-7(9(13)14)8(17(11,15)16)6(4-10)12(5)2;1-3-5-7(9(13)14)8(17(11,15)16)6(4-2)12(5)10;1-4-6-7(9(12)13)8(16(10,14)15)5(2)11(6)3;1-4-6-8(16(10,14)15)7(9(12)13)5(2)11(6)3/h2*4-8H,3H2,1-2H3,(H,17,18)(H2,15,19,20);5H,1-4H3,(H,13,14)(H2,11,15,16);2*3-4,10H2,1-2H3,(H,13,14)(H2,11,15,16);2*4H2,1-3H3,(H,12,13)(H2,10,14,15). The molecule has 692 valence electrons. The molecule has 0 aliphatic heterocycles. The molecule has 0 radical (unpaired) electrons. The summed E-state index contributed by atoms with van der Waals surface area (Å²) in [5.41, 5.74) is 9.76. The van der Waals surface area contributed by atoms with Crippen LogP contribution in [0.2, 0.25) is 0 Å². The predicted molar refractivity (Wildman–Crippen MR) is 458 cm³/mol. The van der Waals surface area contributed by atoms with Gasteiger partial charge >= 0.3 is 41.8 Å². The van der Waals surface area contributed by atoms with Gasteiger partial charge in [-0.15, -0.1) is 0 Å². The third-order valence-corrected chi connectivity index (χ3v) is 26.8. The van der Waals surface area contributed by atoms with E-state index in [1.165, 1.54) is 11.5 Å². The third-order valence-electron chi connectivity index (χ3n) is 19.7. The fraction of sp³-hybridized carbons (Fsp3) is 0.365. The zero-order valence-electron chi connectivity index (χ0n) is 71.4. The quantitative estimate of drug-likeness (QED) is 0.0364. The zero-order chi connectivity index (χ0) is 97.2. The number of rotatable bonds is 25. The summed E-state index contributed by atoms with van der Waals surface area (Å²) in [5, 5.41) is 100.0. The van der Waals surface area contributed by atoms with Crippen molar-refractivity contribution in [2.45, 2.75) is 175 Å². The van der Waals surface area contributed by atoms with Crippen LogP contribution in [0, 0.1) is 20.8 Å². The van der Waals surface area contributed by atoms with E-state index in [4.69, 9.17) is 73.1 Å². The van der Waals surface area contributed by atoms with E-state index in [1.54, 1.807) is 202 Å². The third kappa shape index (κ3) is 23.5. The molecule has 9 rings (SSSR count). The number of nitrogen functional groups attached to an aromatic ring is 1. The Kier molecular flexibility index (Phi) is 36.1. The Hall–Kier alpha value is -11.2. The molecule has 0 saturated heterocycles. The van der Waals surface area contributed by atoms with E-state index in [-0.39, 0.29) is 109 Å². The van der Waals surface area contributed by atoms with E-state index in [0.29, 0.717) is 112 Å². The number of carboxylic acids is 7. The molecule has 51 heteroatoms. The van der Waals surface area contributed by atoms with E-state index in [2.05, 4.69) is 0 Å². The molecule has 0 bridgehead atoms. The average molecular weight is 1890 g/mol. The van der Waals surface area contributed by atoms with E-state index in [1.807, 2.05) is 0 Å². The largest absolute Gasteiger partial charge is 0.478 e. The lowest BCUT2D eigenvalue weighted by atomic mass is 10.1. The molecule has 0 amide bonds. The Morgan fingerprint density at radius 2 is 0.544 bits per heavy atom. The second-order valence-electron chi connectivity index (χ2n) is 27.6. The SMILES string of the molecule is CCc1c(C(=O)O)c(S(N)(=O)=O)c(-c2ccccc2)n1C.CCc1c(C(=O)O)c(S(N)(=O)=O)c(C)n1C.CCc1c(C(=O)O)c(S(N)(=O)=O)c(CC)n1N.CCc1c(C(=O)O)c(S(N)(=O)=O)c(CN)n1C.CCc1c(S(N)(=O)=O)c(C(=O)O)c(-c2ccccc2)n1C.CCc1c(S(N)(=O)=O)c(C(=O)O)c(C)n1C.Cc1c(C(=O)O)c(S(N)(=O)=O)c(C(C)C)n1C. The second-order valence-corrected chi connectivity index (χ2v) is 38.1. The predicted octanol–water partition coefficient (Wildman–Crippen LogP) is 3.55. The van der Waals surface area contributed by atoms with Crippen LogP contribution in [0.3, 0.4) is 0 Å². The van der Waals surface area contributed by atoms with Crippen LogP contribution in [-0.4, -0.2) is 169 Å². The lowest BCUT2D eigenvalue weighted by Gasteiger charge is -2.10. The molecular formula is C74H106N16O28S7. The first-order valence-corrected chi connectivity index (χ1v) is 47.8. The van der Waals surface area contributed by atoms with E-state index < -0.39 is 112 Å². The van der Waals surface area contributed by atoms with Gasteiger partial charge in [0.15, 0.2) is 0 Å². The van der Waals surface area contributed by atoms with Crippen molar-refractivity contribution in [1.82, 2.24) is 32.1 Å². The molecule has 2 aromatic carbocycles. The van der Waals surface area contributed by atoms with Crippen LogP contribution in [0.25, 0.3) is 22.5 Å². The summed E-state index contributed by atoms with van der Waals surface area (Å²) in [7, 11) is -18.9. The summed E-state index contributed by atoms with van der Waals surface area (Å²) in [6.07, 6.45) is 2.53. The summed E-state index contributed by atoms with van der Waals surface area (Å²) >= 11 is 0. The Bertz CT molecular complexity index is 6450. The Morgan fingerprint density at radius 1 is 0.296 bits per heavy atom. The van der Waals surface area contributed by atoms with Crippen LogP contribution in [0.1, 0.15) is 209 Å². The van der Waals surface area contributed by atoms with Crippen LogP contribution in [0.4, 0.5) is 0 Å². The number of carbonyl (C=O) groups is 7. The minimum absolute atomic E-state index is 0.0947. The van der Waals surface area contributed by atoms with E-state index in [0.717, 1.165) is 4.68 Å². The molecule has 0 aliphatic rings. The highest BCUT2D eigenvalue weighted by Gasteiger charge is 2.38. The van der Waals surface area contributed by atoms with Crippen molar-refractivity contribution in [3.05, 3.63) is 168 Å². The average Bonchev–Trinajstić information content (AvgIpc) is 1.62. The highest BCUT2D eigenvalue weighted by Crippen LogP contribution is 2.38. The first-order chi connectivity index (χ1) is 57.1. The van der Waals surface area contributed by atoms with Crippen molar-refractivity contribution in [3.63, 3.8) is 0 Å². The number of hydrogen-bond acceptors (Lipinski definition) is 23. The van der Waals surface area contributed by atoms with Gasteiger partial charge in [-0.3, -0.25) is 4.68 Å². The van der Waals surface area contributed by atoms with Crippen LogP contribution >= 0.6 is 0 Å². The molecule has 0 fully saturated rings. The van der Waals surface area contributed by atoms with Crippen molar-refractivity contribution in [2.24, 2.45) is 84.0 Å². The summed E-state index contributed by atoms with van der Waals surface area (Å²) in [4.78, 5) is 76.4. The van der Waals surface area contributed by atoms with Crippen molar-refractivity contribution >= 4 is 112 Å². The Morgan fingerprint density at radius 3 is 0.864 bits per heavy atom. The van der Waals surface area contributed by atoms with E-state index in [9.17, 15) is 103 Å². The van der Waals surface area contributed by atoms with Gasteiger partial charge in [-0.25, -0.2) is 128 Å². The van der Waals surface area contributed by atoms with Gasteiger partial charge in [-0.05, 0) is 82.8 Å². The lowest BCUT2D eigenvalue weighted by Crippen LogP contribution is -2.18. The van der Waals surface area contributed by atoms with Gasteiger partial charge in [-0.2, -0.15) is 0 Å². The summed E-state index contributed by atoms with van der Waals surface area (Å²) in [6, 6.07) is 17.5. The van der Waals surface area contributed by atoms with Gasteiger partial charge < -0.3 is 74.7 Å². The first-order valence-electron chi connectivity index (χ1n) is 36.9. The van der Waals surface area contributed by atoms with Gasteiger partial charge in [0.25, 0.3) is 0 Å². The summed E-state index contributed by atoms with van der Waals surface area (Å²) in [5.74, 6) is -3.55. The van der Waals surface area contributed by atoms with Crippen molar-refractivity contribution in [3.8, 4) is 22.5 Å². The molecule has 125 heavy (non-hydrogen) atoms. The number of aromatic nitrogens is 7. The van der Waals surface area contributed by atoms with Crippen molar-refractivity contribution in [2.75, 3.05) is 5.84 Å². The minimum Gasteiger partial charge on any atom is -0.478 e. The topological polar surface area (TPSA) is 769 Å². The van der Waals surface area contributed by atoms with E-state index >= 15 is 0 Å². The highest BCUT2D eigenvalue weighted by molar-refractivity contribution is 7.91. The maximum absolute atomic E-state index is 11.9. The maximum Gasteiger partial charge on any atom is 0.339 e. The molecule has 0 unspecified atom stereocenters. The number of aromatic carboxylic acids is 7. The minimum atomic E-state index is -4.17. The normalized spacial score (nSPS) is 11.7. The van der Waals surface area contributed by atoms with Crippen LogP contribution in [0.15, 0.2) is 94.9 Å². The Labute approximate surface area is 722 Å². The number of nitrogens with zero attached hydrogens (tertiary/aromatic N) is 7. The van der Waals surface area contributed by atoms with Crippen molar-refractivity contribution in [1.29, 1.82) is 0 Å². The molecule has 9 aromatic rings. The van der Waals surface area contributed by atoms with Crippen LogP contribution in [-0.2, 0) is 164 Å². The van der Waals surface area contributed by atoms with Gasteiger partial charge in [0, 0.05) is 100 Å². The fourth-order valence-corrected chi connectivity index (χ4v) is 22.0. The zero-order valence-corrected chi connectivity index (χ0v) is 77.1. The number of sulfonamides is 7. The molecule has 0 atom stereocenters. The molecular weight excluding hydrogens is 1790 g/mol. The monoisotopic (exact) mass is 1890 g/mol. The summed E-state index contributed by atoms with van der Waals surface area (Å²) in [6.45, 7) is 20.3. The molecule has 0 spiro atoms.